The second kappa shape index (κ2) is 5.50. The van der Waals surface area contributed by atoms with Crippen LogP contribution in [0, 0.1) is 0 Å². The van der Waals surface area contributed by atoms with Crippen molar-refractivity contribution in [2.24, 2.45) is 0 Å². The number of halogens is 6. The second-order valence-electron chi connectivity index (χ2n) is 4.89. The van der Waals surface area contributed by atoms with Crippen LogP contribution in [0.5, 0.6) is 5.88 Å². The molecule has 0 fully saturated rings. The fourth-order valence-electron chi connectivity index (χ4n) is 2.00. The van der Waals surface area contributed by atoms with Gasteiger partial charge in [-0.3, -0.25) is 0 Å². The highest BCUT2D eigenvalue weighted by Crippen LogP contribution is 2.38. The van der Waals surface area contributed by atoms with Crippen LogP contribution in [0.1, 0.15) is 11.1 Å². The van der Waals surface area contributed by atoms with Crippen LogP contribution in [0.4, 0.5) is 37.7 Å². The molecule has 6 nitrogen and oxygen atoms in total. The lowest BCUT2D eigenvalue weighted by atomic mass is 10.1. The molecular formula is C13H6F6N4O2. The molecule has 25 heavy (non-hydrogen) atoms. The van der Waals surface area contributed by atoms with Crippen molar-refractivity contribution < 1.29 is 36.1 Å². The summed E-state index contributed by atoms with van der Waals surface area (Å²) < 4.78 is 81.4. The Hall–Kier alpha value is -3.05. The van der Waals surface area contributed by atoms with Gasteiger partial charge in [0.25, 0.3) is 0 Å². The zero-order chi connectivity index (χ0) is 18.4. The normalized spacial score (nSPS) is 12.6. The van der Waals surface area contributed by atoms with Crippen molar-refractivity contribution in [2.45, 2.75) is 12.4 Å². The molecule has 12 heteroatoms. The quantitative estimate of drug-likeness (QED) is 0.666. The third kappa shape index (κ3) is 3.41. The van der Waals surface area contributed by atoms with Gasteiger partial charge in [-0.05, 0) is 28.5 Å². The standard InChI is InChI=1S/C13H6F6N4O2/c14-12(15,16)5-1-6(13(17,18)19)3-7(2-5)20-9-4-8-10(21-11(9)24)23-25-22-8/h1-4,20H,(H,21,23,24). The number of pyridine rings is 1. The Kier molecular flexibility index (Phi) is 3.69. The van der Waals surface area contributed by atoms with Crippen LogP contribution in [-0.4, -0.2) is 20.4 Å². The molecule has 0 bridgehead atoms. The van der Waals surface area contributed by atoms with Crippen molar-refractivity contribution in [1.29, 1.82) is 0 Å². The van der Waals surface area contributed by atoms with E-state index < -0.39 is 35.0 Å². The minimum Gasteiger partial charge on any atom is -0.492 e. The first-order valence-corrected chi connectivity index (χ1v) is 6.43. The molecule has 0 saturated heterocycles. The molecule has 0 amide bonds. The topological polar surface area (TPSA) is 84.1 Å². The Labute approximate surface area is 134 Å². The summed E-state index contributed by atoms with van der Waals surface area (Å²) in [7, 11) is 0. The van der Waals surface area contributed by atoms with Crippen LogP contribution in [0.2, 0.25) is 0 Å². The highest BCUT2D eigenvalue weighted by molar-refractivity contribution is 5.78. The lowest BCUT2D eigenvalue weighted by Gasteiger charge is -2.15. The fourth-order valence-corrected chi connectivity index (χ4v) is 2.00. The molecule has 3 rings (SSSR count). The van der Waals surface area contributed by atoms with E-state index in [1.807, 2.05) is 0 Å². The molecule has 0 aliphatic rings. The highest BCUT2D eigenvalue weighted by Gasteiger charge is 2.37. The van der Waals surface area contributed by atoms with Crippen molar-refractivity contribution in [3.63, 3.8) is 0 Å². The number of rotatable bonds is 2. The molecule has 0 unspecified atom stereocenters. The molecule has 0 aliphatic heterocycles. The van der Waals surface area contributed by atoms with Gasteiger partial charge in [0.05, 0.1) is 11.1 Å². The van der Waals surface area contributed by atoms with E-state index in [1.165, 1.54) is 0 Å². The van der Waals surface area contributed by atoms with Crippen LogP contribution in [-0.2, 0) is 12.4 Å². The number of anilines is 2. The van der Waals surface area contributed by atoms with E-state index in [0.717, 1.165) is 6.07 Å². The minimum absolute atomic E-state index is 0.00592. The van der Waals surface area contributed by atoms with Gasteiger partial charge in [0, 0.05) is 11.8 Å². The van der Waals surface area contributed by atoms with E-state index in [1.54, 1.807) is 0 Å². The third-order valence-corrected chi connectivity index (χ3v) is 3.10. The summed E-state index contributed by atoms with van der Waals surface area (Å²) in [5.41, 5.74) is -3.85. The Morgan fingerprint density at radius 1 is 0.880 bits per heavy atom. The summed E-state index contributed by atoms with van der Waals surface area (Å²) in [6.07, 6.45) is -9.98. The summed E-state index contributed by atoms with van der Waals surface area (Å²) in [5, 5.41) is 18.7. The number of hydrogen-bond acceptors (Lipinski definition) is 6. The maximum Gasteiger partial charge on any atom is 0.416 e. The molecule has 2 aromatic heterocycles. The van der Waals surface area contributed by atoms with Gasteiger partial charge in [-0.25, -0.2) is 4.63 Å². The van der Waals surface area contributed by atoms with Gasteiger partial charge in [-0.2, -0.15) is 31.3 Å². The van der Waals surface area contributed by atoms with Crippen LogP contribution in [0.3, 0.4) is 0 Å². The van der Waals surface area contributed by atoms with E-state index in [9.17, 15) is 31.4 Å². The van der Waals surface area contributed by atoms with Gasteiger partial charge in [0.15, 0.2) is 5.52 Å². The molecule has 2 N–H and O–H groups in total. The first-order valence-electron chi connectivity index (χ1n) is 6.43. The van der Waals surface area contributed by atoms with Gasteiger partial charge in [0.1, 0.15) is 5.69 Å². The second-order valence-corrected chi connectivity index (χ2v) is 4.89. The van der Waals surface area contributed by atoms with Crippen molar-refractivity contribution in [1.82, 2.24) is 15.3 Å². The van der Waals surface area contributed by atoms with Gasteiger partial charge in [-0.15, -0.1) is 0 Å². The van der Waals surface area contributed by atoms with E-state index in [-0.39, 0.29) is 22.9 Å². The number of aromatic hydroxyl groups is 1. The summed E-state index contributed by atoms with van der Waals surface area (Å²) in [6, 6.07) is 2.05. The summed E-state index contributed by atoms with van der Waals surface area (Å²) in [6.45, 7) is 0. The van der Waals surface area contributed by atoms with Gasteiger partial charge < -0.3 is 10.4 Å². The smallest absolute Gasteiger partial charge is 0.416 e. The van der Waals surface area contributed by atoms with Gasteiger partial charge >= 0.3 is 12.4 Å². The lowest BCUT2D eigenvalue weighted by Crippen LogP contribution is -2.11. The van der Waals surface area contributed by atoms with Crippen LogP contribution < -0.4 is 5.32 Å². The van der Waals surface area contributed by atoms with Crippen molar-refractivity contribution in [3.8, 4) is 5.88 Å². The number of aromatic nitrogens is 3. The number of nitrogens with zero attached hydrogens (tertiary/aromatic N) is 3. The fraction of sp³-hybridized carbons (Fsp3) is 0.154. The third-order valence-electron chi connectivity index (χ3n) is 3.10. The van der Waals surface area contributed by atoms with Gasteiger partial charge in [0.2, 0.25) is 11.5 Å². The first kappa shape index (κ1) is 16.8. The molecule has 132 valence electrons. The van der Waals surface area contributed by atoms with E-state index in [2.05, 4.69) is 25.2 Å². The predicted octanol–water partition coefficient (Wildman–Crippen LogP) is 4.10. The Morgan fingerprint density at radius 2 is 1.48 bits per heavy atom. The SMILES string of the molecule is Oc1nc2nonc2cc1Nc1cc(C(F)(F)F)cc(C(F)(F)F)c1. The lowest BCUT2D eigenvalue weighted by molar-refractivity contribution is -0.143. The van der Waals surface area contributed by atoms with Crippen molar-refractivity contribution in [2.75, 3.05) is 5.32 Å². The van der Waals surface area contributed by atoms with Crippen LogP contribution in [0.25, 0.3) is 11.2 Å². The minimum atomic E-state index is -4.99. The highest BCUT2D eigenvalue weighted by atomic mass is 19.4. The molecular weight excluding hydrogens is 358 g/mol. The summed E-state index contributed by atoms with van der Waals surface area (Å²) >= 11 is 0. The summed E-state index contributed by atoms with van der Waals surface area (Å²) in [5.74, 6) is -0.700. The van der Waals surface area contributed by atoms with E-state index >= 15 is 0 Å². The largest absolute Gasteiger partial charge is 0.492 e. The maximum absolute atomic E-state index is 12.8. The zero-order valence-corrected chi connectivity index (χ0v) is 11.8. The Bertz CT molecular complexity index is 902. The Morgan fingerprint density at radius 3 is 2.04 bits per heavy atom. The molecule has 1 aromatic carbocycles. The Balaban J connectivity index is 2.07. The number of hydrogen-bond donors (Lipinski definition) is 2. The average molecular weight is 364 g/mol. The summed E-state index contributed by atoms with van der Waals surface area (Å²) in [4.78, 5) is 3.56. The van der Waals surface area contributed by atoms with Crippen LogP contribution >= 0.6 is 0 Å². The van der Waals surface area contributed by atoms with E-state index in [0.29, 0.717) is 12.1 Å². The number of benzene rings is 1. The molecule has 0 spiro atoms. The van der Waals surface area contributed by atoms with E-state index in [4.69, 9.17) is 0 Å². The van der Waals surface area contributed by atoms with Crippen molar-refractivity contribution in [3.05, 3.63) is 35.4 Å². The number of nitrogens with one attached hydrogen (secondary N) is 1. The molecule has 2 heterocycles. The van der Waals surface area contributed by atoms with Gasteiger partial charge in [-0.1, -0.05) is 0 Å². The average Bonchev–Trinajstić information content (AvgIpc) is 2.92. The molecule has 0 radical (unpaired) electrons. The monoisotopic (exact) mass is 364 g/mol. The van der Waals surface area contributed by atoms with Crippen molar-refractivity contribution >= 4 is 22.5 Å². The maximum atomic E-state index is 12.8. The molecule has 0 aliphatic carbocycles. The van der Waals surface area contributed by atoms with Crippen LogP contribution in [0.15, 0.2) is 28.9 Å². The zero-order valence-electron chi connectivity index (χ0n) is 11.8. The first-order chi connectivity index (χ1) is 11.5. The molecule has 0 saturated carbocycles. The number of fused-ring (bicyclic) bond motifs is 1. The number of alkyl halides is 6. The molecule has 0 atom stereocenters. The molecule has 3 aromatic rings. The predicted molar refractivity (Wildman–Crippen MR) is 71.0 cm³/mol.